The molecule has 2 rings (SSSR count). The second kappa shape index (κ2) is 6.84. The number of carbonyl (C=O) groups excluding carboxylic acids is 2. The molecular weight excluding hydrogens is 289 g/mol. The average Bonchev–Trinajstić information content (AvgIpc) is 2.94. The molecule has 2 aromatic rings. The summed E-state index contributed by atoms with van der Waals surface area (Å²) in [5.41, 5.74) is 1.61. The minimum Gasteiger partial charge on any atom is -0.468 e. The lowest BCUT2D eigenvalue weighted by atomic mass is 9.99. The lowest BCUT2D eigenvalue weighted by Gasteiger charge is -2.15. The van der Waals surface area contributed by atoms with Crippen molar-refractivity contribution in [2.45, 2.75) is 12.8 Å². The predicted octanol–water partition coefficient (Wildman–Crippen LogP) is 1.54. The molecule has 1 atom stereocenters. The molecule has 1 aromatic heterocycles. The summed E-state index contributed by atoms with van der Waals surface area (Å²) in [5.74, 6) is -1.95. The van der Waals surface area contributed by atoms with Crippen LogP contribution < -0.4 is 5.32 Å². The van der Waals surface area contributed by atoms with Crippen LogP contribution in [0.15, 0.2) is 30.5 Å². The first kappa shape index (κ1) is 15.7. The fraction of sp³-hybridized carbons (Fsp3) is 0.267. The molecule has 1 aromatic carbocycles. The lowest BCUT2D eigenvalue weighted by Crippen LogP contribution is -2.32. The highest BCUT2D eigenvalue weighted by Gasteiger charge is 2.23. The number of hydrogen-bond donors (Lipinski definition) is 2. The number of aromatic amines is 1. The third-order valence-electron chi connectivity index (χ3n) is 3.30. The van der Waals surface area contributed by atoms with Crippen molar-refractivity contribution in [1.29, 1.82) is 0 Å². The van der Waals surface area contributed by atoms with Crippen molar-refractivity contribution < 1.29 is 18.7 Å². The van der Waals surface area contributed by atoms with Crippen LogP contribution in [0.1, 0.15) is 27.5 Å². The predicted molar refractivity (Wildman–Crippen MR) is 76.8 cm³/mol. The van der Waals surface area contributed by atoms with E-state index in [4.69, 9.17) is 4.74 Å². The molecule has 0 fully saturated rings. The molecule has 0 aliphatic carbocycles. The van der Waals surface area contributed by atoms with E-state index in [0.29, 0.717) is 16.8 Å². The number of aromatic nitrogens is 2. The summed E-state index contributed by atoms with van der Waals surface area (Å²) in [5, 5.41) is 9.10. The maximum absolute atomic E-state index is 13.0. The minimum atomic E-state index is -0.707. The summed E-state index contributed by atoms with van der Waals surface area (Å²) >= 11 is 0. The first-order chi connectivity index (χ1) is 10.5. The van der Waals surface area contributed by atoms with E-state index in [1.165, 1.54) is 37.6 Å². The van der Waals surface area contributed by atoms with Crippen LogP contribution in [0.3, 0.4) is 0 Å². The largest absolute Gasteiger partial charge is 0.468 e. The first-order valence-corrected chi connectivity index (χ1v) is 6.64. The number of aryl methyl sites for hydroxylation is 1. The third kappa shape index (κ3) is 3.49. The van der Waals surface area contributed by atoms with Gasteiger partial charge in [-0.15, -0.1) is 0 Å². The number of H-pyrrole nitrogens is 1. The summed E-state index contributed by atoms with van der Waals surface area (Å²) in [7, 11) is 1.26. The first-order valence-electron chi connectivity index (χ1n) is 6.64. The fourth-order valence-electron chi connectivity index (χ4n) is 2.04. The molecule has 0 aliphatic heterocycles. The fourth-order valence-corrected chi connectivity index (χ4v) is 2.04. The van der Waals surface area contributed by atoms with Crippen LogP contribution in [0.25, 0.3) is 0 Å². The number of nitrogens with zero attached hydrogens (tertiary/aromatic N) is 1. The Morgan fingerprint density at radius 3 is 2.59 bits per heavy atom. The zero-order valence-corrected chi connectivity index (χ0v) is 12.2. The molecule has 2 N–H and O–H groups in total. The number of amides is 1. The molecule has 0 aliphatic rings. The molecule has 1 amide bonds. The molecule has 0 bridgehead atoms. The van der Waals surface area contributed by atoms with Crippen LogP contribution in [0.4, 0.5) is 4.39 Å². The summed E-state index contributed by atoms with van der Waals surface area (Å²) in [4.78, 5) is 23.9. The smallest absolute Gasteiger partial charge is 0.314 e. The summed E-state index contributed by atoms with van der Waals surface area (Å²) in [6.07, 6.45) is 1.41. The monoisotopic (exact) mass is 305 g/mol. The topological polar surface area (TPSA) is 84.1 Å². The van der Waals surface area contributed by atoms with Crippen molar-refractivity contribution in [1.82, 2.24) is 15.5 Å². The number of ether oxygens (including phenoxy) is 1. The average molecular weight is 305 g/mol. The normalized spacial score (nSPS) is 11.8. The van der Waals surface area contributed by atoms with Gasteiger partial charge in [0.2, 0.25) is 0 Å². The Bertz CT molecular complexity index is 667. The molecule has 0 radical (unpaired) electrons. The Kier molecular flexibility index (Phi) is 4.88. The van der Waals surface area contributed by atoms with Gasteiger partial charge in [-0.25, -0.2) is 4.39 Å². The van der Waals surface area contributed by atoms with Gasteiger partial charge in [-0.05, 0) is 24.6 Å². The Morgan fingerprint density at radius 2 is 2.05 bits per heavy atom. The quantitative estimate of drug-likeness (QED) is 0.821. The Labute approximate surface area is 126 Å². The maximum atomic E-state index is 13.0. The van der Waals surface area contributed by atoms with Crippen molar-refractivity contribution in [3.05, 3.63) is 53.1 Å². The maximum Gasteiger partial charge on any atom is 0.314 e. The van der Waals surface area contributed by atoms with E-state index in [1.807, 2.05) is 0 Å². The number of nitrogens with one attached hydrogen (secondary N) is 2. The summed E-state index contributed by atoms with van der Waals surface area (Å²) < 4.78 is 17.7. The number of esters is 1. The SMILES string of the molecule is COC(=O)[C@@H](CNC(=O)c1cn[nH]c1C)c1ccc(F)cc1. The molecule has 0 saturated heterocycles. The molecule has 0 unspecified atom stereocenters. The highest BCUT2D eigenvalue weighted by molar-refractivity contribution is 5.95. The Morgan fingerprint density at radius 1 is 1.36 bits per heavy atom. The Hall–Kier alpha value is -2.70. The molecule has 0 spiro atoms. The van der Waals surface area contributed by atoms with Crippen molar-refractivity contribution in [3.63, 3.8) is 0 Å². The molecule has 7 heteroatoms. The van der Waals surface area contributed by atoms with Crippen LogP contribution in [0.2, 0.25) is 0 Å². The summed E-state index contributed by atoms with van der Waals surface area (Å²) in [6, 6.07) is 5.50. The van der Waals surface area contributed by atoms with Gasteiger partial charge in [0, 0.05) is 12.2 Å². The molecule has 6 nitrogen and oxygen atoms in total. The van der Waals surface area contributed by atoms with E-state index in [1.54, 1.807) is 6.92 Å². The van der Waals surface area contributed by atoms with Gasteiger partial charge in [-0.1, -0.05) is 12.1 Å². The standard InChI is InChI=1S/C15H16FN3O3/c1-9-12(8-18-19-9)14(20)17-7-13(15(21)22-2)10-3-5-11(16)6-4-10/h3-6,8,13H,7H2,1-2H3,(H,17,20)(H,18,19)/t13-/m0/s1. The second-order valence-corrected chi connectivity index (χ2v) is 4.75. The van der Waals surface area contributed by atoms with Crippen molar-refractivity contribution in [2.24, 2.45) is 0 Å². The van der Waals surface area contributed by atoms with Crippen molar-refractivity contribution in [2.75, 3.05) is 13.7 Å². The van der Waals surface area contributed by atoms with Gasteiger partial charge in [-0.2, -0.15) is 5.10 Å². The van der Waals surface area contributed by atoms with E-state index in [2.05, 4.69) is 15.5 Å². The number of halogens is 1. The molecule has 1 heterocycles. The van der Waals surface area contributed by atoms with E-state index >= 15 is 0 Å². The number of rotatable bonds is 5. The third-order valence-corrected chi connectivity index (χ3v) is 3.30. The van der Waals surface area contributed by atoms with Crippen molar-refractivity contribution >= 4 is 11.9 Å². The Balaban J connectivity index is 2.11. The molecule has 0 saturated carbocycles. The van der Waals surface area contributed by atoms with Crippen LogP contribution in [0, 0.1) is 12.7 Å². The molecule has 22 heavy (non-hydrogen) atoms. The van der Waals surface area contributed by atoms with Gasteiger partial charge >= 0.3 is 5.97 Å². The lowest BCUT2D eigenvalue weighted by molar-refractivity contribution is -0.142. The van der Waals surface area contributed by atoms with Crippen LogP contribution in [0.5, 0.6) is 0 Å². The van der Waals surface area contributed by atoms with Crippen LogP contribution >= 0.6 is 0 Å². The van der Waals surface area contributed by atoms with Gasteiger partial charge in [-0.3, -0.25) is 14.7 Å². The van der Waals surface area contributed by atoms with Gasteiger partial charge in [0.1, 0.15) is 5.82 Å². The zero-order valence-electron chi connectivity index (χ0n) is 12.2. The van der Waals surface area contributed by atoms with Crippen LogP contribution in [-0.2, 0) is 9.53 Å². The molecular formula is C15H16FN3O3. The van der Waals surface area contributed by atoms with Gasteiger partial charge in [0.15, 0.2) is 0 Å². The van der Waals surface area contributed by atoms with Crippen molar-refractivity contribution in [3.8, 4) is 0 Å². The summed E-state index contributed by atoms with van der Waals surface area (Å²) in [6.45, 7) is 1.77. The van der Waals surface area contributed by atoms with Gasteiger partial charge in [0.05, 0.1) is 24.8 Å². The number of carbonyl (C=O) groups is 2. The highest BCUT2D eigenvalue weighted by atomic mass is 19.1. The zero-order chi connectivity index (χ0) is 16.1. The van der Waals surface area contributed by atoms with Crippen LogP contribution in [-0.4, -0.2) is 35.7 Å². The van der Waals surface area contributed by atoms with Gasteiger partial charge in [0.25, 0.3) is 5.91 Å². The minimum absolute atomic E-state index is 0.0434. The van der Waals surface area contributed by atoms with E-state index in [9.17, 15) is 14.0 Å². The second-order valence-electron chi connectivity index (χ2n) is 4.75. The van der Waals surface area contributed by atoms with E-state index in [0.717, 1.165) is 0 Å². The molecule has 116 valence electrons. The van der Waals surface area contributed by atoms with E-state index in [-0.39, 0.29) is 12.5 Å². The van der Waals surface area contributed by atoms with Gasteiger partial charge < -0.3 is 10.1 Å². The number of benzene rings is 1. The number of hydrogen-bond acceptors (Lipinski definition) is 4. The number of methoxy groups -OCH3 is 1. The highest BCUT2D eigenvalue weighted by Crippen LogP contribution is 2.17. The van der Waals surface area contributed by atoms with E-state index < -0.39 is 17.7 Å².